The lowest BCUT2D eigenvalue weighted by molar-refractivity contribution is -0.117. The molecule has 0 bridgehead atoms. The number of thiazole rings is 1. The molecule has 0 unspecified atom stereocenters. The molecule has 94 valence electrons. The lowest BCUT2D eigenvalue weighted by atomic mass is 9.97. The number of anilines is 1. The van der Waals surface area contributed by atoms with Gasteiger partial charge in [-0.05, 0) is 39.2 Å². The van der Waals surface area contributed by atoms with E-state index in [9.17, 15) is 4.79 Å². The van der Waals surface area contributed by atoms with E-state index < -0.39 is 0 Å². The second-order valence-corrected chi connectivity index (χ2v) is 5.74. The van der Waals surface area contributed by atoms with Gasteiger partial charge in [0, 0.05) is 17.3 Å². The predicted octanol–water partition coefficient (Wildman–Crippen LogP) is 1.54. The van der Waals surface area contributed by atoms with Gasteiger partial charge in [0.15, 0.2) is 5.13 Å². The maximum Gasteiger partial charge on any atom is 0.180 e. The van der Waals surface area contributed by atoms with Crippen LogP contribution in [0, 0.1) is 0 Å². The van der Waals surface area contributed by atoms with Gasteiger partial charge in [-0.3, -0.25) is 0 Å². The molecule has 0 saturated heterocycles. The smallest absolute Gasteiger partial charge is 0.180 e. The molecule has 4 nitrogen and oxygen atoms in total. The van der Waals surface area contributed by atoms with Crippen LogP contribution in [0.15, 0.2) is 0 Å². The molecule has 3 N–H and O–H groups in total. The zero-order valence-electron chi connectivity index (χ0n) is 10.2. The number of rotatable bonds is 5. The number of fused-ring (bicyclic) bond motifs is 1. The Labute approximate surface area is 106 Å². The van der Waals surface area contributed by atoms with E-state index in [0.717, 1.165) is 32.2 Å². The molecule has 0 spiro atoms. The zero-order valence-corrected chi connectivity index (χ0v) is 11.0. The van der Waals surface area contributed by atoms with Crippen LogP contribution in [0.4, 0.5) is 5.13 Å². The minimum atomic E-state index is 0.271. The fourth-order valence-electron chi connectivity index (χ4n) is 2.21. The van der Waals surface area contributed by atoms with Gasteiger partial charge < -0.3 is 15.8 Å². The lowest BCUT2D eigenvalue weighted by Gasteiger charge is -2.22. The summed E-state index contributed by atoms with van der Waals surface area (Å²) in [5.41, 5.74) is 6.90. The third kappa shape index (κ3) is 3.51. The van der Waals surface area contributed by atoms with Crippen LogP contribution in [0.25, 0.3) is 0 Å². The van der Waals surface area contributed by atoms with Gasteiger partial charge >= 0.3 is 0 Å². The molecular weight excluding hydrogens is 234 g/mol. The highest BCUT2D eigenvalue weighted by molar-refractivity contribution is 7.15. The Morgan fingerprint density at radius 2 is 2.47 bits per heavy atom. The van der Waals surface area contributed by atoms with Gasteiger partial charge in [0.1, 0.15) is 5.78 Å². The molecule has 17 heavy (non-hydrogen) atoms. The van der Waals surface area contributed by atoms with Gasteiger partial charge in [0.25, 0.3) is 0 Å². The van der Waals surface area contributed by atoms with Crippen molar-refractivity contribution in [1.82, 2.24) is 10.3 Å². The Balaban J connectivity index is 1.76. The Kier molecular flexibility index (Phi) is 4.12. The number of nitrogens with zero attached hydrogens (tertiary/aromatic N) is 1. The number of hydrogen-bond acceptors (Lipinski definition) is 5. The fourth-order valence-corrected chi connectivity index (χ4v) is 3.17. The van der Waals surface area contributed by atoms with Crippen molar-refractivity contribution in [3.8, 4) is 0 Å². The third-order valence-corrected chi connectivity index (χ3v) is 4.04. The van der Waals surface area contributed by atoms with Crippen molar-refractivity contribution in [2.75, 3.05) is 12.3 Å². The molecule has 1 aromatic heterocycles. The van der Waals surface area contributed by atoms with Crippen LogP contribution in [0.2, 0.25) is 0 Å². The molecule has 1 atom stereocenters. The van der Waals surface area contributed by atoms with Crippen molar-refractivity contribution < 1.29 is 4.79 Å². The van der Waals surface area contributed by atoms with Gasteiger partial charge in [0.2, 0.25) is 0 Å². The topological polar surface area (TPSA) is 68.0 Å². The first-order valence-electron chi connectivity index (χ1n) is 6.12. The second-order valence-electron chi connectivity index (χ2n) is 4.62. The molecule has 0 fully saturated rings. The van der Waals surface area contributed by atoms with Gasteiger partial charge in [-0.15, -0.1) is 11.3 Å². The van der Waals surface area contributed by atoms with E-state index in [1.807, 2.05) is 0 Å². The highest BCUT2D eigenvalue weighted by Gasteiger charge is 2.21. The molecule has 0 aliphatic heterocycles. The molecule has 1 aliphatic carbocycles. The lowest BCUT2D eigenvalue weighted by Crippen LogP contribution is -2.34. The van der Waals surface area contributed by atoms with Crippen LogP contribution < -0.4 is 11.1 Å². The summed E-state index contributed by atoms with van der Waals surface area (Å²) in [6.45, 7) is 2.57. The summed E-state index contributed by atoms with van der Waals surface area (Å²) in [5.74, 6) is 0.271. The van der Waals surface area contributed by atoms with Crippen LogP contribution in [0.5, 0.6) is 0 Å². The Morgan fingerprint density at radius 3 is 3.24 bits per heavy atom. The minimum Gasteiger partial charge on any atom is -0.375 e. The van der Waals surface area contributed by atoms with Gasteiger partial charge in [0.05, 0.1) is 5.69 Å². The third-order valence-electron chi connectivity index (χ3n) is 3.09. The highest BCUT2D eigenvalue weighted by atomic mass is 32.1. The maximum absolute atomic E-state index is 10.8. The van der Waals surface area contributed by atoms with E-state index >= 15 is 0 Å². The number of carbonyl (C=O) groups excluding carboxylic acids is 1. The first-order chi connectivity index (χ1) is 8.15. The average Bonchev–Trinajstić information content (AvgIpc) is 2.63. The average molecular weight is 253 g/mol. The summed E-state index contributed by atoms with van der Waals surface area (Å²) in [6, 6.07) is 0.523. The summed E-state index contributed by atoms with van der Waals surface area (Å²) in [7, 11) is 0. The van der Waals surface area contributed by atoms with Crippen molar-refractivity contribution >= 4 is 22.3 Å². The Bertz CT molecular complexity index is 402. The number of aryl methyl sites for hydroxylation is 1. The number of nitrogens with one attached hydrogen (secondary N) is 1. The number of nitrogens with two attached hydrogens (primary N) is 1. The number of carbonyl (C=O) groups is 1. The highest BCUT2D eigenvalue weighted by Crippen LogP contribution is 2.27. The number of Topliss-reactive ketones (excluding diaryl/α,β-unsaturated/α-hetero) is 1. The summed E-state index contributed by atoms with van der Waals surface area (Å²) < 4.78 is 0. The number of nitrogen functional groups attached to an aromatic ring is 1. The second kappa shape index (κ2) is 5.60. The quantitative estimate of drug-likeness (QED) is 0.781. The molecule has 0 aromatic carbocycles. The van der Waals surface area contributed by atoms with E-state index in [-0.39, 0.29) is 5.78 Å². The summed E-state index contributed by atoms with van der Waals surface area (Å²) in [6.07, 6.45) is 4.79. The molecule has 2 rings (SSSR count). The molecule has 1 aliphatic rings. The van der Waals surface area contributed by atoms with Crippen molar-refractivity contribution in [3.05, 3.63) is 10.6 Å². The van der Waals surface area contributed by atoms with Crippen molar-refractivity contribution in [1.29, 1.82) is 0 Å². The first-order valence-corrected chi connectivity index (χ1v) is 6.93. The van der Waals surface area contributed by atoms with E-state index in [1.165, 1.54) is 10.6 Å². The van der Waals surface area contributed by atoms with Crippen molar-refractivity contribution in [3.63, 3.8) is 0 Å². The van der Waals surface area contributed by atoms with Crippen LogP contribution >= 0.6 is 11.3 Å². The van der Waals surface area contributed by atoms with E-state index in [1.54, 1.807) is 18.3 Å². The number of aromatic nitrogens is 1. The van der Waals surface area contributed by atoms with Crippen LogP contribution in [-0.2, 0) is 17.6 Å². The van der Waals surface area contributed by atoms with Gasteiger partial charge in [-0.2, -0.15) is 0 Å². The SMILES string of the molecule is CC(=O)CCCN[C@H]1CCc2nc(N)sc2C1. The van der Waals surface area contributed by atoms with Crippen LogP contribution in [-0.4, -0.2) is 23.4 Å². The van der Waals surface area contributed by atoms with Crippen LogP contribution in [0.3, 0.4) is 0 Å². The molecule has 5 heteroatoms. The van der Waals surface area contributed by atoms with Crippen molar-refractivity contribution in [2.24, 2.45) is 0 Å². The monoisotopic (exact) mass is 253 g/mol. The van der Waals surface area contributed by atoms with Gasteiger partial charge in [-0.1, -0.05) is 0 Å². The predicted molar refractivity (Wildman–Crippen MR) is 70.3 cm³/mol. The molecule has 1 heterocycles. The first kappa shape index (κ1) is 12.5. The Hall–Kier alpha value is -0.940. The minimum absolute atomic E-state index is 0.271. The summed E-state index contributed by atoms with van der Waals surface area (Å²) >= 11 is 1.61. The van der Waals surface area contributed by atoms with E-state index in [2.05, 4.69) is 10.3 Å². The summed E-state index contributed by atoms with van der Waals surface area (Å²) in [5, 5.41) is 4.20. The molecule has 0 radical (unpaired) electrons. The number of hydrogen-bond donors (Lipinski definition) is 2. The standard InChI is InChI=1S/C12H19N3OS/c1-8(16)3-2-6-14-9-4-5-10-11(7-9)17-12(13)15-10/h9,14H,2-7H2,1H3,(H2,13,15)/t9-/m0/s1. The van der Waals surface area contributed by atoms with E-state index in [0.29, 0.717) is 17.6 Å². The molecule has 0 saturated carbocycles. The number of ketones is 1. The largest absolute Gasteiger partial charge is 0.375 e. The van der Waals surface area contributed by atoms with E-state index in [4.69, 9.17) is 5.73 Å². The van der Waals surface area contributed by atoms with Crippen LogP contribution in [0.1, 0.15) is 36.8 Å². The molecular formula is C12H19N3OS. The van der Waals surface area contributed by atoms with Gasteiger partial charge in [-0.25, -0.2) is 4.98 Å². The molecule has 1 aromatic rings. The summed E-state index contributed by atoms with van der Waals surface area (Å²) in [4.78, 5) is 16.5. The maximum atomic E-state index is 10.8. The molecule has 0 amide bonds. The zero-order chi connectivity index (χ0) is 12.3. The Morgan fingerprint density at radius 1 is 1.65 bits per heavy atom. The normalized spacial score (nSPS) is 19.0. The van der Waals surface area contributed by atoms with Crippen molar-refractivity contribution in [2.45, 2.75) is 45.1 Å². The fraction of sp³-hybridized carbons (Fsp3) is 0.667.